The minimum Gasteiger partial charge on any atom is -0.481 e. The number of ether oxygens (including phenoxy) is 1. The van der Waals surface area contributed by atoms with Crippen LogP contribution in [0.25, 0.3) is 22.3 Å². The van der Waals surface area contributed by atoms with Crippen LogP contribution in [-0.4, -0.2) is 206 Å². The van der Waals surface area contributed by atoms with Crippen molar-refractivity contribution < 1.29 is 87.8 Å². The zero-order valence-corrected chi connectivity index (χ0v) is 52.5. The topological polar surface area (TPSA) is 397 Å². The summed E-state index contributed by atoms with van der Waals surface area (Å²) in [6.45, 7) is -0.535. The van der Waals surface area contributed by atoms with Crippen LogP contribution in [0.4, 0.5) is 4.79 Å². The highest BCUT2D eigenvalue weighted by Crippen LogP contribution is 2.47. The van der Waals surface area contributed by atoms with E-state index in [0.717, 1.165) is 65.6 Å². The average Bonchev–Trinajstić information content (AvgIpc) is 1.63. The maximum Gasteiger partial charge on any atom is 0.417 e. The van der Waals surface area contributed by atoms with Gasteiger partial charge in [0.25, 0.3) is 0 Å². The summed E-state index contributed by atoms with van der Waals surface area (Å²) in [6, 6.07) is 20.4. The summed E-state index contributed by atoms with van der Waals surface area (Å²) in [5, 5.41) is 64.6. The number of hydrogen-bond donors (Lipinski definition) is 11. The van der Waals surface area contributed by atoms with Crippen molar-refractivity contribution in [2.75, 3.05) is 46.0 Å². The Hall–Kier alpha value is -9.60. The molecular formula is C67H81N9O18. The van der Waals surface area contributed by atoms with E-state index in [0.29, 0.717) is 32.1 Å². The number of amides is 10. The predicted molar refractivity (Wildman–Crippen MR) is 336 cm³/mol. The lowest BCUT2D eigenvalue weighted by Gasteiger charge is -2.36. The van der Waals surface area contributed by atoms with Gasteiger partial charge in [-0.1, -0.05) is 137 Å². The van der Waals surface area contributed by atoms with Crippen LogP contribution in [0, 0.1) is 5.92 Å². The smallest absolute Gasteiger partial charge is 0.417 e. The number of nitrogens with one attached hydrogen (secondary N) is 6. The van der Waals surface area contributed by atoms with Gasteiger partial charge in [0.05, 0.1) is 25.9 Å². The third kappa shape index (κ3) is 17.0. The van der Waals surface area contributed by atoms with Crippen LogP contribution < -0.4 is 31.9 Å². The van der Waals surface area contributed by atoms with Gasteiger partial charge in [-0.15, -0.1) is 0 Å². The summed E-state index contributed by atoms with van der Waals surface area (Å²) in [6.07, 6.45) is -1.06. The van der Waals surface area contributed by atoms with E-state index in [9.17, 15) is 78.0 Å². The van der Waals surface area contributed by atoms with Gasteiger partial charge >= 0.3 is 18.0 Å². The number of carboxylic acids is 2. The molecule has 4 aromatic carbocycles. The average molecular weight is 1300 g/mol. The Balaban J connectivity index is 0.929. The molecule has 3 aliphatic carbocycles. The first-order valence-electron chi connectivity index (χ1n) is 31.6. The number of likely N-dealkylation sites (tertiary alicyclic amines) is 1. The zero-order chi connectivity index (χ0) is 67.9. The number of carbonyl (C=O) groups is 12. The lowest BCUT2D eigenvalue weighted by atomic mass is 9.93. The molecule has 27 heteroatoms. The SMILES string of the molecule is CC[C@H](C)[C@H](NC(=O)[C@H](CO)NC(=O)[C@H](CCC(=O)O)NC(=O)CN(C(=O)[C@H](CO)NC(=O)[C@H](C)NC(=O)[C@@H]1C[C@@H](O)CN1C(=O)CN(C(=O)CC1c2ccccc2-c2ccccc21)C(=O)OCC1c2ccccc2-c2ccccc21)C1CCCCC1)C(=O)NCC(=O)O. The van der Waals surface area contributed by atoms with Crippen molar-refractivity contribution in [1.29, 1.82) is 0 Å². The van der Waals surface area contributed by atoms with E-state index in [4.69, 9.17) is 9.84 Å². The molecule has 10 amide bonds. The molecule has 1 aliphatic heterocycles. The first kappa shape index (κ1) is 70.3. The molecule has 1 heterocycles. The number of aliphatic carboxylic acids is 2. The van der Waals surface area contributed by atoms with Crippen LogP contribution in [0.3, 0.4) is 0 Å². The fourth-order valence-electron chi connectivity index (χ4n) is 12.7. The van der Waals surface area contributed by atoms with E-state index in [1.807, 2.05) is 97.1 Å². The molecule has 27 nitrogen and oxygen atoms in total. The van der Waals surface area contributed by atoms with Crippen LogP contribution in [0.1, 0.15) is 119 Å². The van der Waals surface area contributed by atoms with E-state index in [1.54, 1.807) is 13.8 Å². The van der Waals surface area contributed by atoms with Gasteiger partial charge in [0, 0.05) is 43.7 Å². The molecule has 11 N–H and O–H groups in total. The molecule has 0 unspecified atom stereocenters. The number of β-amino-alcohol motifs (C(OH)–C–C–N with tert-alkyl or cyclic N) is 1. The Bertz CT molecular complexity index is 3410. The number of hydrogen-bond acceptors (Lipinski definition) is 16. The normalized spacial score (nSPS) is 17.6. The van der Waals surface area contributed by atoms with Gasteiger partial charge in [-0.3, -0.25) is 52.7 Å². The van der Waals surface area contributed by atoms with Crippen molar-refractivity contribution in [1.82, 2.24) is 46.6 Å². The molecular weight excluding hydrogens is 1220 g/mol. The van der Waals surface area contributed by atoms with E-state index in [2.05, 4.69) is 31.9 Å². The third-order valence-electron chi connectivity index (χ3n) is 17.9. The number of aliphatic hydroxyl groups excluding tert-OH is 3. The molecule has 8 atom stereocenters. The molecule has 0 bridgehead atoms. The largest absolute Gasteiger partial charge is 0.481 e. The second-order valence-electron chi connectivity index (χ2n) is 24.2. The minimum absolute atomic E-state index is 0.190. The zero-order valence-electron chi connectivity index (χ0n) is 52.5. The van der Waals surface area contributed by atoms with Crippen LogP contribution in [0.2, 0.25) is 0 Å². The van der Waals surface area contributed by atoms with E-state index in [1.165, 1.54) is 6.92 Å². The first-order chi connectivity index (χ1) is 45.0. The molecule has 0 radical (unpaired) electrons. The van der Waals surface area contributed by atoms with Crippen LogP contribution >= 0.6 is 0 Å². The summed E-state index contributed by atoms with van der Waals surface area (Å²) >= 11 is 0. The van der Waals surface area contributed by atoms with Crippen molar-refractivity contribution >= 4 is 71.2 Å². The maximum absolute atomic E-state index is 14.8. The van der Waals surface area contributed by atoms with Gasteiger partial charge in [0.15, 0.2) is 0 Å². The number of rotatable bonds is 29. The lowest BCUT2D eigenvalue weighted by molar-refractivity contribution is -0.144. The van der Waals surface area contributed by atoms with Crippen molar-refractivity contribution in [2.45, 2.75) is 145 Å². The summed E-state index contributed by atoms with van der Waals surface area (Å²) in [5.41, 5.74) is 7.25. The maximum atomic E-state index is 14.8. The summed E-state index contributed by atoms with van der Waals surface area (Å²) < 4.78 is 5.97. The Morgan fingerprint density at radius 3 is 1.68 bits per heavy atom. The number of fused-ring (bicyclic) bond motifs is 6. The minimum atomic E-state index is -1.76. The number of carbonyl (C=O) groups excluding carboxylic acids is 10. The summed E-state index contributed by atoms with van der Waals surface area (Å²) in [5.74, 6) is -12.8. The molecule has 502 valence electrons. The molecule has 4 aromatic rings. The molecule has 8 rings (SSSR count). The fourth-order valence-corrected chi connectivity index (χ4v) is 12.7. The Kier molecular flexibility index (Phi) is 24.1. The molecule has 1 saturated carbocycles. The van der Waals surface area contributed by atoms with Gasteiger partial charge in [-0.05, 0) is 76.6 Å². The van der Waals surface area contributed by atoms with E-state index < -0.39 is 190 Å². The number of aliphatic hydroxyl groups is 3. The van der Waals surface area contributed by atoms with Gasteiger partial charge in [0.2, 0.25) is 53.2 Å². The molecule has 4 aliphatic rings. The van der Waals surface area contributed by atoms with Gasteiger partial charge in [0.1, 0.15) is 55.9 Å². The van der Waals surface area contributed by atoms with Gasteiger partial charge < -0.3 is 72.0 Å². The Morgan fingerprint density at radius 2 is 1.15 bits per heavy atom. The molecule has 2 fully saturated rings. The van der Waals surface area contributed by atoms with Crippen LogP contribution in [-0.2, 0) is 57.5 Å². The summed E-state index contributed by atoms with van der Waals surface area (Å²) in [7, 11) is 0. The van der Waals surface area contributed by atoms with Crippen molar-refractivity contribution in [3.8, 4) is 22.3 Å². The van der Waals surface area contributed by atoms with Crippen LogP contribution in [0.5, 0.6) is 0 Å². The lowest BCUT2D eigenvalue weighted by Crippen LogP contribution is -2.60. The Morgan fingerprint density at radius 1 is 0.617 bits per heavy atom. The standard InChI is InChI=1S/C67H81N9O18/c1-4-37(2)60(65(91)68-30-59(85)86)73-63(89)52(34-77)71-62(88)51(26-27-58(83)84)70-55(80)32-74(39-16-6-5-7-17-39)66(92)53(35-78)72-61(87)38(3)69-64(90)54-28-40(79)31-75(54)57(82)33-76(56(81)29-49-45-22-12-8-18-41(45)42-19-9-13-23-46(42)49)67(93)94-36-50-47-24-14-10-20-43(47)44-21-11-15-25-48(44)50/h8-15,18-25,37-40,49-54,60,77-79H,4-7,16-17,26-36H2,1-3H3,(H,68,91)(H,69,90)(H,70,80)(H,71,88)(H,72,87)(H,73,89)(H,83,84)(H,85,86)/t37-,38-,40+,51-,52-,53-,54-,60-/m0/s1. The second-order valence-corrected chi connectivity index (χ2v) is 24.2. The highest BCUT2D eigenvalue weighted by atomic mass is 16.6. The molecule has 0 spiro atoms. The highest BCUT2D eigenvalue weighted by Gasteiger charge is 2.44. The molecule has 0 aromatic heterocycles. The van der Waals surface area contributed by atoms with Crippen molar-refractivity contribution in [2.24, 2.45) is 5.92 Å². The number of nitrogens with zero attached hydrogens (tertiary/aromatic N) is 3. The highest BCUT2D eigenvalue weighted by molar-refractivity contribution is 6.00. The molecule has 1 saturated heterocycles. The van der Waals surface area contributed by atoms with Gasteiger partial charge in [-0.2, -0.15) is 0 Å². The Labute approximate surface area is 542 Å². The van der Waals surface area contributed by atoms with Gasteiger partial charge in [-0.25, -0.2) is 9.69 Å². The number of carboxylic acid groups (broad SMARTS) is 2. The first-order valence-corrected chi connectivity index (χ1v) is 31.6. The quantitative estimate of drug-likeness (QED) is 0.0368. The van der Waals surface area contributed by atoms with Crippen molar-refractivity contribution in [3.63, 3.8) is 0 Å². The molecule has 94 heavy (non-hydrogen) atoms. The third-order valence-corrected chi connectivity index (χ3v) is 17.9. The van der Waals surface area contributed by atoms with Crippen molar-refractivity contribution in [3.05, 3.63) is 119 Å². The predicted octanol–water partition coefficient (Wildman–Crippen LogP) is 1.63. The monoisotopic (exact) mass is 1300 g/mol. The summed E-state index contributed by atoms with van der Waals surface area (Å²) in [4.78, 5) is 166. The van der Waals surface area contributed by atoms with Crippen LogP contribution in [0.15, 0.2) is 97.1 Å². The van der Waals surface area contributed by atoms with E-state index >= 15 is 0 Å². The fraction of sp³-hybridized carbons (Fsp3) is 0.463. The second kappa shape index (κ2) is 32.3. The number of imide groups is 1. The number of benzene rings is 4. The van der Waals surface area contributed by atoms with E-state index in [-0.39, 0.29) is 19.4 Å².